The minimum absolute atomic E-state index is 0.0552. The van der Waals surface area contributed by atoms with Gasteiger partial charge in [0.15, 0.2) is 0 Å². The minimum atomic E-state index is -0.0552. The van der Waals surface area contributed by atoms with E-state index >= 15 is 0 Å². The highest BCUT2D eigenvalue weighted by Crippen LogP contribution is 2.28. The Balaban J connectivity index is 1.69. The average Bonchev–Trinajstić information content (AvgIpc) is 3.19. The molecule has 0 bridgehead atoms. The van der Waals surface area contributed by atoms with Crippen molar-refractivity contribution >= 4 is 0 Å². The third-order valence-corrected chi connectivity index (χ3v) is 4.67. The highest BCUT2D eigenvalue weighted by molar-refractivity contribution is 5.17. The Kier molecular flexibility index (Phi) is 5.07. The predicted octanol–water partition coefficient (Wildman–Crippen LogP) is 1.34. The Bertz CT molecular complexity index is 634. The van der Waals surface area contributed by atoms with Crippen LogP contribution >= 0.6 is 0 Å². The van der Waals surface area contributed by atoms with Gasteiger partial charge in [-0.2, -0.15) is 5.10 Å². The quantitative estimate of drug-likeness (QED) is 0.840. The van der Waals surface area contributed by atoms with Crippen LogP contribution in [-0.2, 0) is 26.6 Å². The van der Waals surface area contributed by atoms with E-state index in [0.29, 0.717) is 17.8 Å². The first-order valence-electron chi connectivity index (χ1n) is 8.47. The molecule has 1 aliphatic rings. The van der Waals surface area contributed by atoms with E-state index in [0.717, 1.165) is 31.5 Å². The van der Waals surface area contributed by atoms with E-state index in [9.17, 15) is 5.11 Å². The van der Waals surface area contributed by atoms with Gasteiger partial charge in [0.1, 0.15) is 5.69 Å². The molecule has 1 aliphatic carbocycles. The molecule has 0 saturated heterocycles. The largest absolute Gasteiger partial charge is 0.390 e. The van der Waals surface area contributed by atoms with Crippen LogP contribution in [0.2, 0.25) is 0 Å². The van der Waals surface area contributed by atoms with Gasteiger partial charge in [0.05, 0.1) is 24.5 Å². The summed E-state index contributed by atoms with van der Waals surface area (Å²) in [5.41, 5.74) is 3.07. The van der Waals surface area contributed by atoms with Crippen LogP contribution in [-0.4, -0.2) is 35.9 Å². The molecule has 0 aliphatic heterocycles. The molecule has 7 nitrogen and oxygen atoms in total. The van der Waals surface area contributed by atoms with Crippen LogP contribution in [0.4, 0.5) is 0 Å². The van der Waals surface area contributed by atoms with Crippen LogP contribution in [0, 0.1) is 0 Å². The van der Waals surface area contributed by atoms with Crippen molar-refractivity contribution in [2.45, 2.75) is 64.3 Å². The second-order valence-electron chi connectivity index (χ2n) is 6.32. The zero-order valence-electron chi connectivity index (χ0n) is 13.9. The molecule has 23 heavy (non-hydrogen) atoms. The van der Waals surface area contributed by atoms with Gasteiger partial charge >= 0.3 is 0 Å². The molecule has 0 aromatic carbocycles. The Labute approximate surface area is 136 Å². The van der Waals surface area contributed by atoms with Crippen molar-refractivity contribution in [1.82, 2.24) is 30.1 Å². The molecular formula is C16H26N6O. The van der Waals surface area contributed by atoms with E-state index in [1.54, 1.807) is 0 Å². The van der Waals surface area contributed by atoms with E-state index in [1.807, 2.05) is 22.6 Å². The van der Waals surface area contributed by atoms with Crippen molar-refractivity contribution in [1.29, 1.82) is 0 Å². The minimum Gasteiger partial charge on any atom is -0.390 e. The highest BCUT2D eigenvalue weighted by atomic mass is 16.3. The molecule has 0 radical (unpaired) electrons. The van der Waals surface area contributed by atoms with Crippen LogP contribution in [0.25, 0.3) is 0 Å². The zero-order chi connectivity index (χ0) is 16.2. The fourth-order valence-electron chi connectivity index (χ4n) is 3.48. The number of nitrogens with zero attached hydrogens (tertiary/aromatic N) is 5. The van der Waals surface area contributed by atoms with Crippen molar-refractivity contribution in [2.24, 2.45) is 7.05 Å². The second-order valence-corrected chi connectivity index (χ2v) is 6.32. The third kappa shape index (κ3) is 3.61. The lowest BCUT2D eigenvalue weighted by Gasteiger charge is -2.32. The molecule has 126 valence electrons. The van der Waals surface area contributed by atoms with Gasteiger partial charge in [0.25, 0.3) is 0 Å². The fourth-order valence-corrected chi connectivity index (χ4v) is 3.48. The van der Waals surface area contributed by atoms with Crippen LogP contribution in [0.5, 0.6) is 0 Å². The number of hydrogen-bond donors (Lipinski definition) is 2. The molecule has 2 atom stereocenters. The summed E-state index contributed by atoms with van der Waals surface area (Å²) in [6, 6.07) is 0.681. The molecule has 3 rings (SSSR count). The summed E-state index contributed by atoms with van der Waals surface area (Å²) in [6.07, 6.45) is 9.61. The van der Waals surface area contributed by atoms with Crippen LogP contribution in [0.3, 0.4) is 0 Å². The number of aryl methyl sites for hydroxylation is 2. The molecule has 2 aromatic rings. The fraction of sp³-hybridized carbons (Fsp3) is 0.688. The Morgan fingerprint density at radius 3 is 2.87 bits per heavy atom. The highest BCUT2D eigenvalue weighted by Gasteiger charge is 2.27. The lowest BCUT2D eigenvalue weighted by Crippen LogP contribution is -2.39. The lowest BCUT2D eigenvalue weighted by atomic mass is 9.90. The summed E-state index contributed by atoms with van der Waals surface area (Å²) in [7, 11) is 1.97. The summed E-state index contributed by atoms with van der Waals surface area (Å²) in [5, 5.41) is 25.6. The van der Waals surface area contributed by atoms with Crippen molar-refractivity contribution in [3.05, 3.63) is 29.3 Å². The molecule has 0 spiro atoms. The molecular weight excluding hydrogens is 292 g/mol. The van der Waals surface area contributed by atoms with E-state index in [-0.39, 0.29) is 6.61 Å². The first-order chi connectivity index (χ1) is 11.2. The number of aliphatic hydroxyl groups is 1. The lowest BCUT2D eigenvalue weighted by molar-refractivity contribution is 0.242. The monoisotopic (exact) mass is 318 g/mol. The molecule has 1 saturated carbocycles. The topological polar surface area (TPSA) is 80.8 Å². The first kappa shape index (κ1) is 16.1. The SMILES string of the molecule is CCc1nn(C)cc1CN[C@H]1CCCC[C@H]1n1cc(CO)nn1. The summed E-state index contributed by atoms with van der Waals surface area (Å²) < 4.78 is 3.81. The molecule has 2 aromatic heterocycles. The Hall–Kier alpha value is -1.73. The van der Waals surface area contributed by atoms with Crippen molar-refractivity contribution < 1.29 is 5.11 Å². The summed E-state index contributed by atoms with van der Waals surface area (Å²) in [4.78, 5) is 0. The van der Waals surface area contributed by atoms with Gasteiger partial charge in [-0.25, -0.2) is 4.68 Å². The summed E-state index contributed by atoms with van der Waals surface area (Å²) in [6.45, 7) is 2.92. The van der Waals surface area contributed by atoms with E-state index in [1.165, 1.54) is 18.4 Å². The van der Waals surface area contributed by atoms with Gasteiger partial charge in [-0.1, -0.05) is 25.0 Å². The third-order valence-electron chi connectivity index (χ3n) is 4.67. The van der Waals surface area contributed by atoms with Gasteiger partial charge in [0.2, 0.25) is 0 Å². The van der Waals surface area contributed by atoms with E-state index in [4.69, 9.17) is 0 Å². The maximum absolute atomic E-state index is 9.19. The Morgan fingerprint density at radius 2 is 2.13 bits per heavy atom. The maximum atomic E-state index is 9.19. The zero-order valence-corrected chi connectivity index (χ0v) is 13.9. The Morgan fingerprint density at radius 1 is 1.30 bits per heavy atom. The second kappa shape index (κ2) is 7.23. The maximum Gasteiger partial charge on any atom is 0.108 e. The summed E-state index contributed by atoms with van der Waals surface area (Å²) in [5.74, 6) is 0. The molecule has 7 heteroatoms. The predicted molar refractivity (Wildman–Crippen MR) is 86.7 cm³/mol. The van der Waals surface area contributed by atoms with Crippen molar-refractivity contribution in [3.63, 3.8) is 0 Å². The standard InChI is InChI=1S/C16H26N6O/c1-3-14-12(9-21(2)19-14)8-17-15-6-4-5-7-16(15)22-10-13(11-23)18-20-22/h9-10,15-17,23H,3-8,11H2,1-2H3/t15-,16+/m0/s1. The van der Waals surface area contributed by atoms with Crippen molar-refractivity contribution in [2.75, 3.05) is 0 Å². The van der Waals surface area contributed by atoms with Gasteiger partial charge in [0, 0.05) is 31.4 Å². The number of rotatable bonds is 6. The number of hydrogen-bond acceptors (Lipinski definition) is 5. The van der Waals surface area contributed by atoms with Crippen molar-refractivity contribution in [3.8, 4) is 0 Å². The number of aromatic nitrogens is 5. The molecule has 2 N–H and O–H groups in total. The van der Waals surface area contributed by atoms with E-state index < -0.39 is 0 Å². The van der Waals surface area contributed by atoms with Crippen LogP contribution in [0.1, 0.15) is 55.6 Å². The van der Waals surface area contributed by atoms with E-state index in [2.05, 4.69) is 33.8 Å². The first-order valence-corrected chi connectivity index (χ1v) is 8.47. The molecule has 1 fully saturated rings. The van der Waals surface area contributed by atoms with Gasteiger partial charge < -0.3 is 10.4 Å². The molecule has 2 heterocycles. The number of aliphatic hydroxyl groups excluding tert-OH is 1. The summed E-state index contributed by atoms with van der Waals surface area (Å²) >= 11 is 0. The number of nitrogens with one attached hydrogen (secondary N) is 1. The van der Waals surface area contributed by atoms with Gasteiger partial charge in [-0.05, 0) is 19.3 Å². The van der Waals surface area contributed by atoms with Crippen LogP contribution in [0.15, 0.2) is 12.4 Å². The smallest absolute Gasteiger partial charge is 0.108 e. The normalized spacial score (nSPS) is 21.7. The molecule has 0 amide bonds. The molecule has 0 unspecified atom stereocenters. The van der Waals surface area contributed by atoms with Gasteiger partial charge in [-0.3, -0.25) is 4.68 Å². The van der Waals surface area contributed by atoms with Crippen LogP contribution < -0.4 is 5.32 Å². The van der Waals surface area contributed by atoms with Gasteiger partial charge in [-0.15, -0.1) is 5.10 Å². The average molecular weight is 318 g/mol.